The molecule has 0 radical (unpaired) electrons. The normalized spacial score (nSPS) is 17.3. The standard InChI is InChI=1S/C22H27ClN2O5S/c1-16-5-4-10-25(15-16)31(27,28)21-13-17(8-9-20(21)23)22(26)24-18-6-3-7-19(14-18)30-12-11-29-2/h3,6-9,13-14,16H,4-5,10-12,15H2,1-2H3,(H,24,26). The quantitative estimate of drug-likeness (QED) is 0.593. The number of nitrogens with one attached hydrogen (secondary N) is 1. The Bertz CT molecular complexity index is 1030. The van der Waals surface area contributed by atoms with Crippen LogP contribution in [0.2, 0.25) is 5.02 Å². The van der Waals surface area contributed by atoms with Crippen molar-refractivity contribution < 1.29 is 22.7 Å². The SMILES string of the molecule is COCCOc1cccc(NC(=O)c2ccc(Cl)c(S(=O)(=O)N3CCCC(C)C3)c2)c1. The number of anilines is 1. The van der Waals surface area contributed by atoms with Crippen molar-refractivity contribution in [3.05, 3.63) is 53.1 Å². The van der Waals surface area contributed by atoms with Gasteiger partial charge in [-0.05, 0) is 49.1 Å². The Hall–Kier alpha value is -2.13. The Morgan fingerprint density at radius 3 is 2.77 bits per heavy atom. The molecule has 168 valence electrons. The van der Waals surface area contributed by atoms with Crippen LogP contribution >= 0.6 is 11.6 Å². The summed E-state index contributed by atoms with van der Waals surface area (Å²) >= 11 is 6.22. The third-order valence-corrected chi connectivity index (χ3v) is 7.43. The van der Waals surface area contributed by atoms with Crippen molar-refractivity contribution in [3.63, 3.8) is 0 Å². The van der Waals surface area contributed by atoms with Crippen molar-refractivity contribution in [2.75, 3.05) is 38.7 Å². The van der Waals surface area contributed by atoms with E-state index in [0.29, 0.717) is 37.7 Å². The number of piperidine rings is 1. The van der Waals surface area contributed by atoms with Crippen LogP contribution in [0.25, 0.3) is 0 Å². The third kappa shape index (κ3) is 5.98. The molecule has 1 fully saturated rings. The first-order valence-electron chi connectivity index (χ1n) is 10.1. The number of hydrogen-bond acceptors (Lipinski definition) is 5. The highest BCUT2D eigenvalue weighted by atomic mass is 35.5. The lowest BCUT2D eigenvalue weighted by Crippen LogP contribution is -2.39. The number of nitrogens with zero attached hydrogens (tertiary/aromatic N) is 1. The smallest absolute Gasteiger partial charge is 0.255 e. The van der Waals surface area contributed by atoms with Crippen molar-refractivity contribution in [3.8, 4) is 5.75 Å². The fourth-order valence-corrected chi connectivity index (χ4v) is 5.55. The van der Waals surface area contributed by atoms with Gasteiger partial charge < -0.3 is 14.8 Å². The molecule has 0 aliphatic carbocycles. The summed E-state index contributed by atoms with van der Waals surface area (Å²) in [4.78, 5) is 12.7. The number of halogens is 1. The summed E-state index contributed by atoms with van der Waals surface area (Å²) in [6, 6.07) is 11.2. The van der Waals surface area contributed by atoms with E-state index in [4.69, 9.17) is 21.1 Å². The van der Waals surface area contributed by atoms with Gasteiger partial charge >= 0.3 is 0 Å². The summed E-state index contributed by atoms with van der Waals surface area (Å²) in [5.74, 6) is 0.440. The average Bonchev–Trinajstić information content (AvgIpc) is 2.74. The largest absolute Gasteiger partial charge is 0.491 e. The van der Waals surface area contributed by atoms with Crippen LogP contribution in [0.3, 0.4) is 0 Å². The monoisotopic (exact) mass is 466 g/mol. The Morgan fingerprint density at radius 2 is 2.03 bits per heavy atom. The van der Waals surface area contributed by atoms with E-state index in [1.54, 1.807) is 31.4 Å². The lowest BCUT2D eigenvalue weighted by Gasteiger charge is -2.30. The van der Waals surface area contributed by atoms with Gasteiger partial charge in [0, 0.05) is 37.5 Å². The molecule has 9 heteroatoms. The molecule has 0 saturated carbocycles. The summed E-state index contributed by atoms with van der Waals surface area (Å²) in [6.45, 7) is 3.77. The molecule has 1 aliphatic heterocycles. The number of carbonyl (C=O) groups excluding carboxylic acids is 1. The Balaban J connectivity index is 1.78. The van der Waals surface area contributed by atoms with Crippen LogP contribution in [0.1, 0.15) is 30.1 Å². The highest BCUT2D eigenvalue weighted by Crippen LogP contribution is 2.29. The van der Waals surface area contributed by atoms with E-state index < -0.39 is 15.9 Å². The topological polar surface area (TPSA) is 84.9 Å². The van der Waals surface area contributed by atoms with Crippen molar-refractivity contribution in [2.24, 2.45) is 5.92 Å². The molecule has 1 atom stereocenters. The van der Waals surface area contributed by atoms with Crippen LogP contribution < -0.4 is 10.1 Å². The van der Waals surface area contributed by atoms with Crippen molar-refractivity contribution in [1.82, 2.24) is 4.31 Å². The minimum atomic E-state index is -3.78. The highest BCUT2D eigenvalue weighted by Gasteiger charge is 2.31. The summed E-state index contributed by atoms with van der Waals surface area (Å²) in [5.41, 5.74) is 0.739. The van der Waals surface area contributed by atoms with Crippen LogP contribution in [0.5, 0.6) is 5.75 Å². The number of rotatable bonds is 8. The highest BCUT2D eigenvalue weighted by molar-refractivity contribution is 7.89. The minimum absolute atomic E-state index is 0.0485. The van der Waals surface area contributed by atoms with Gasteiger partial charge in [0.15, 0.2) is 0 Å². The van der Waals surface area contributed by atoms with Crippen molar-refractivity contribution in [2.45, 2.75) is 24.7 Å². The summed E-state index contributed by atoms with van der Waals surface area (Å²) in [7, 11) is -2.19. The Morgan fingerprint density at radius 1 is 1.23 bits per heavy atom. The van der Waals surface area contributed by atoms with E-state index >= 15 is 0 Å². The van der Waals surface area contributed by atoms with Crippen molar-refractivity contribution in [1.29, 1.82) is 0 Å². The van der Waals surface area contributed by atoms with Crippen molar-refractivity contribution >= 4 is 33.2 Å². The number of hydrogen-bond donors (Lipinski definition) is 1. The number of methoxy groups -OCH3 is 1. The second-order valence-electron chi connectivity index (χ2n) is 7.58. The Kier molecular flexibility index (Phi) is 7.94. The first-order valence-corrected chi connectivity index (χ1v) is 12.0. The third-order valence-electron chi connectivity index (χ3n) is 5.08. The van der Waals surface area contributed by atoms with Crippen LogP contribution in [-0.2, 0) is 14.8 Å². The van der Waals surface area contributed by atoms with Crippen LogP contribution in [0.15, 0.2) is 47.4 Å². The lowest BCUT2D eigenvalue weighted by molar-refractivity contribution is 0.102. The van der Waals surface area contributed by atoms with Gasteiger partial charge in [0.1, 0.15) is 17.3 Å². The number of carbonyl (C=O) groups is 1. The fourth-order valence-electron chi connectivity index (χ4n) is 3.46. The molecule has 1 unspecified atom stereocenters. The zero-order valence-electron chi connectivity index (χ0n) is 17.6. The number of benzene rings is 2. The predicted molar refractivity (Wildman–Crippen MR) is 120 cm³/mol. The van der Waals surface area contributed by atoms with E-state index in [9.17, 15) is 13.2 Å². The first kappa shape index (κ1) is 23.5. The molecular weight excluding hydrogens is 440 g/mol. The van der Waals surface area contributed by atoms with Gasteiger partial charge in [-0.25, -0.2) is 8.42 Å². The van der Waals surface area contributed by atoms with Gasteiger partial charge in [0.2, 0.25) is 10.0 Å². The maximum Gasteiger partial charge on any atom is 0.255 e. The van der Waals surface area contributed by atoms with Gasteiger partial charge in [0.25, 0.3) is 5.91 Å². The number of sulfonamides is 1. The van der Waals surface area contributed by atoms with Gasteiger partial charge in [-0.1, -0.05) is 24.6 Å². The molecule has 3 rings (SSSR count). The minimum Gasteiger partial charge on any atom is -0.491 e. The van der Waals surface area contributed by atoms with Gasteiger partial charge in [-0.3, -0.25) is 4.79 Å². The zero-order valence-corrected chi connectivity index (χ0v) is 19.2. The molecule has 1 N–H and O–H groups in total. The number of amides is 1. The number of ether oxygens (including phenoxy) is 2. The molecule has 7 nitrogen and oxygen atoms in total. The molecule has 1 saturated heterocycles. The van der Waals surface area contributed by atoms with E-state index in [2.05, 4.69) is 5.32 Å². The van der Waals surface area contributed by atoms with Crippen LogP contribution in [0.4, 0.5) is 5.69 Å². The molecule has 0 aromatic heterocycles. The molecule has 2 aromatic carbocycles. The van der Waals surface area contributed by atoms with E-state index in [1.165, 1.54) is 22.5 Å². The van der Waals surface area contributed by atoms with Gasteiger partial charge in [-0.15, -0.1) is 0 Å². The van der Waals surface area contributed by atoms with Gasteiger partial charge in [0.05, 0.1) is 11.6 Å². The Labute approximate surface area is 188 Å². The molecular formula is C22H27ClN2O5S. The molecule has 0 bridgehead atoms. The zero-order chi connectivity index (χ0) is 22.4. The summed E-state index contributed by atoms with van der Waals surface area (Å²) in [5, 5.41) is 2.87. The van der Waals surface area contributed by atoms with Crippen LogP contribution in [0, 0.1) is 5.92 Å². The van der Waals surface area contributed by atoms with E-state index in [1.807, 2.05) is 6.92 Å². The molecule has 1 aliphatic rings. The molecule has 1 amide bonds. The second-order valence-corrected chi connectivity index (χ2v) is 9.89. The average molecular weight is 467 g/mol. The molecule has 0 spiro atoms. The summed E-state index contributed by atoms with van der Waals surface area (Å²) in [6.07, 6.45) is 1.80. The maximum absolute atomic E-state index is 13.1. The molecule has 1 heterocycles. The predicted octanol–water partition coefficient (Wildman–Crippen LogP) is 4.04. The fraction of sp³-hybridized carbons (Fsp3) is 0.409. The molecule has 31 heavy (non-hydrogen) atoms. The molecule has 2 aromatic rings. The first-order chi connectivity index (χ1) is 14.8. The van der Waals surface area contributed by atoms with E-state index in [0.717, 1.165) is 12.8 Å². The lowest BCUT2D eigenvalue weighted by atomic mass is 10.0. The summed E-state index contributed by atoms with van der Waals surface area (Å²) < 4.78 is 38.2. The maximum atomic E-state index is 13.1. The van der Waals surface area contributed by atoms with E-state index in [-0.39, 0.29) is 21.4 Å². The second kappa shape index (κ2) is 10.5. The van der Waals surface area contributed by atoms with Gasteiger partial charge in [-0.2, -0.15) is 4.31 Å². The van der Waals surface area contributed by atoms with Crippen LogP contribution in [-0.4, -0.2) is 52.0 Å².